The monoisotopic (exact) mass is 474 g/mol. The number of carbonyl (C=O) groups excluding carboxylic acids is 2. The third-order valence-corrected chi connectivity index (χ3v) is 5.78. The summed E-state index contributed by atoms with van der Waals surface area (Å²) in [5, 5.41) is 11.5. The molecular formula is C24H27ClN2O6. The number of Topliss-reactive ketones (excluding diaryl/α,β-unsaturated/α-hetero) is 1. The van der Waals surface area contributed by atoms with E-state index in [9.17, 15) is 14.7 Å². The Kier molecular flexibility index (Phi) is 7.50. The molecule has 0 saturated carbocycles. The van der Waals surface area contributed by atoms with Crippen LogP contribution >= 0.6 is 11.6 Å². The van der Waals surface area contributed by atoms with Gasteiger partial charge in [0, 0.05) is 24.2 Å². The number of likely N-dealkylation sites (N-methyl/N-ethyl adjacent to an activating group) is 1. The van der Waals surface area contributed by atoms with Crippen LogP contribution in [-0.4, -0.2) is 75.1 Å². The summed E-state index contributed by atoms with van der Waals surface area (Å²) in [6.07, 6.45) is 0. The molecule has 9 heteroatoms. The molecule has 0 spiro atoms. The van der Waals surface area contributed by atoms with Crippen LogP contribution in [0.5, 0.6) is 17.2 Å². The van der Waals surface area contributed by atoms with Crippen molar-refractivity contribution in [1.82, 2.24) is 9.80 Å². The van der Waals surface area contributed by atoms with Crippen LogP contribution < -0.4 is 14.2 Å². The zero-order valence-electron chi connectivity index (χ0n) is 19.2. The van der Waals surface area contributed by atoms with E-state index in [2.05, 4.69) is 0 Å². The fourth-order valence-electron chi connectivity index (χ4n) is 3.84. The van der Waals surface area contributed by atoms with Crippen LogP contribution in [-0.2, 0) is 9.59 Å². The minimum Gasteiger partial charge on any atom is -0.507 e. The summed E-state index contributed by atoms with van der Waals surface area (Å²) < 4.78 is 16.2. The maximum absolute atomic E-state index is 13.2. The number of halogens is 1. The second-order valence-corrected chi connectivity index (χ2v) is 8.14. The maximum Gasteiger partial charge on any atom is 0.295 e. The molecule has 1 amide bonds. The molecule has 1 N–H and O–H groups in total. The summed E-state index contributed by atoms with van der Waals surface area (Å²) in [7, 11) is 8.21. The third-order valence-electron chi connectivity index (χ3n) is 5.48. The molecule has 1 fully saturated rings. The van der Waals surface area contributed by atoms with E-state index in [1.54, 1.807) is 30.3 Å². The number of rotatable bonds is 8. The molecule has 1 saturated heterocycles. The number of hydrogen-bond acceptors (Lipinski definition) is 7. The molecule has 8 nitrogen and oxygen atoms in total. The molecule has 2 aromatic rings. The summed E-state index contributed by atoms with van der Waals surface area (Å²) in [5.74, 6) is -0.576. The van der Waals surface area contributed by atoms with Gasteiger partial charge < -0.3 is 29.1 Å². The first kappa shape index (κ1) is 24.4. The molecule has 0 unspecified atom stereocenters. The molecule has 176 valence electrons. The van der Waals surface area contributed by atoms with E-state index in [0.717, 1.165) is 0 Å². The Balaban J connectivity index is 2.25. The van der Waals surface area contributed by atoms with Gasteiger partial charge in [-0.3, -0.25) is 9.59 Å². The first-order chi connectivity index (χ1) is 15.7. The van der Waals surface area contributed by atoms with Gasteiger partial charge in [0.2, 0.25) is 0 Å². The van der Waals surface area contributed by atoms with Gasteiger partial charge in [0.15, 0.2) is 11.5 Å². The molecule has 1 aliphatic rings. The van der Waals surface area contributed by atoms with Crippen molar-refractivity contribution >= 4 is 29.1 Å². The molecule has 1 atom stereocenters. The molecule has 0 radical (unpaired) electrons. The Morgan fingerprint density at radius 2 is 1.76 bits per heavy atom. The Morgan fingerprint density at radius 1 is 1.06 bits per heavy atom. The number of para-hydroxylation sites is 1. The quantitative estimate of drug-likeness (QED) is 0.356. The second kappa shape index (κ2) is 10.1. The molecule has 0 aliphatic carbocycles. The average Bonchev–Trinajstić information content (AvgIpc) is 3.06. The van der Waals surface area contributed by atoms with Gasteiger partial charge in [-0.15, -0.1) is 0 Å². The van der Waals surface area contributed by atoms with Crippen molar-refractivity contribution in [3.05, 3.63) is 58.1 Å². The molecule has 33 heavy (non-hydrogen) atoms. The largest absolute Gasteiger partial charge is 0.507 e. The number of ether oxygens (including phenoxy) is 3. The van der Waals surface area contributed by atoms with E-state index in [0.29, 0.717) is 34.9 Å². The highest BCUT2D eigenvalue weighted by Crippen LogP contribution is 2.45. The van der Waals surface area contributed by atoms with E-state index < -0.39 is 17.7 Å². The first-order valence-electron chi connectivity index (χ1n) is 10.2. The SMILES string of the molecule is COc1ccc(/C(O)=C2/C(=O)C(=O)N(CCN(C)C)[C@@H]2c2cccc(OC)c2OC)cc1Cl. The van der Waals surface area contributed by atoms with E-state index >= 15 is 0 Å². The van der Waals surface area contributed by atoms with Gasteiger partial charge >= 0.3 is 0 Å². The Bertz CT molecular complexity index is 1100. The highest BCUT2D eigenvalue weighted by atomic mass is 35.5. The summed E-state index contributed by atoms with van der Waals surface area (Å²) in [6.45, 7) is 0.785. The molecular weight excluding hydrogens is 448 g/mol. The fourth-order valence-corrected chi connectivity index (χ4v) is 4.10. The van der Waals surface area contributed by atoms with E-state index in [1.807, 2.05) is 19.0 Å². The number of amides is 1. The van der Waals surface area contributed by atoms with Gasteiger partial charge in [-0.05, 0) is 38.4 Å². The van der Waals surface area contributed by atoms with Crippen LogP contribution in [0.25, 0.3) is 5.76 Å². The highest BCUT2D eigenvalue weighted by molar-refractivity contribution is 6.46. The molecule has 1 aliphatic heterocycles. The number of carbonyl (C=O) groups is 2. The van der Waals surface area contributed by atoms with Crippen molar-refractivity contribution in [3.63, 3.8) is 0 Å². The number of benzene rings is 2. The van der Waals surface area contributed by atoms with Gasteiger partial charge in [-0.25, -0.2) is 0 Å². The van der Waals surface area contributed by atoms with Crippen LogP contribution in [0.4, 0.5) is 0 Å². The molecule has 0 bridgehead atoms. The lowest BCUT2D eigenvalue weighted by molar-refractivity contribution is -0.140. The summed E-state index contributed by atoms with van der Waals surface area (Å²) in [5.41, 5.74) is 0.765. The molecule has 1 heterocycles. The minimum absolute atomic E-state index is 0.0495. The van der Waals surface area contributed by atoms with E-state index in [-0.39, 0.29) is 22.9 Å². The lowest BCUT2D eigenvalue weighted by atomic mass is 9.94. The van der Waals surface area contributed by atoms with Crippen molar-refractivity contribution in [3.8, 4) is 17.2 Å². The van der Waals surface area contributed by atoms with Crippen molar-refractivity contribution in [1.29, 1.82) is 0 Å². The lowest BCUT2D eigenvalue weighted by Crippen LogP contribution is -2.35. The predicted octanol–water partition coefficient (Wildman–Crippen LogP) is 3.35. The van der Waals surface area contributed by atoms with Crippen LogP contribution in [0, 0.1) is 0 Å². The van der Waals surface area contributed by atoms with Gasteiger partial charge in [0.05, 0.1) is 38.0 Å². The summed E-state index contributed by atoms with van der Waals surface area (Å²) in [4.78, 5) is 29.6. The number of nitrogens with zero attached hydrogens (tertiary/aromatic N) is 2. The number of aliphatic hydroxyl groups is 1. The zero-order valence-corrected chi connectivity index (χ0v) is 20.0. The fraction of sp³-hybridized carbons (Fsp3) is 0.333. The molecule has 3 rings (SSSR count). The maximum atomic E-state index is 13.2. The van der Waals surface area contributed by atoms with Crippen LogP contribution in [0.2, 0.25) is 5.02 Å². The van der Waals surface area contributed by atoms with Crippen molar-refractivity contribution in [2.45, 2.75) is 6.04 Å². The number of ketones is 1. The highest BCUT2D eigenvalue weighted by Gasteiger charge is 2.47. The predicted molar refractivity (Wildman–Crippen MR) is 125 cm³/mol. The Morgan fingerprint density at radius 3 is 2.33 bits per heavy atom. The van der Waals surface area contributed by atoms with Crippen LogP contribution in [0.1, 0.15) is 17.2 Å². The third kappa shape index (κ3) is 4.62. The van der Waals surface area contributed by atoms with E-state index in [4.69, 9.17) is 25.8 Å². The Labute approximate surface area is 197 Å². The number of aliphatic hydroxyl groups excluding tert-OH is 1. The van der Waals surface area contributed by atoms with Gasteiger partial charge in [0.1, 0.15) is 11.5 Å². The number of likely N-dealkylation sites (tertiary alicyclic amines) is 1. The average molecular weight is 475 g/mol. The zero-order chi connectivity index (χ0) is 24.3. The normalized spacial score (nSPS) is 17.5. The van der Waals surface area contributed by atoms with Crippen LogP contribution in [0.15, 0.2) is 42.0 Å². The van der Waals surface area contributed by atoms with Crippen molar-refractivity contribution in [2.24, 2.45) is 0 Å². The Hall–Kier alpha value is -3.23. The van der Waals surface area contributed by atoms with Gasteiger partial charge in [-0.1, -0.05) is 23.7 Å². The number of hydrogen-bond donors (Lipinski definition) is 1. The second-order valence-electron chi connectivity index (χ2n) is 7.73. The molecule has 0 aromatic heterocycles. The smallest absolute Gasteiger partial charge is 0.295 e. The lowest BCUT2D eigenvalue weighted by Gasteiger charge is -2.28. The minimum atomic E-state index is -0.879. The van der Waals surface area contributed by atoms with Gasteiger partial charge in [0.25, 0.3) is 11.7 Å². The van der Waals surface area contributed by atoms with E-state index in [1.165, 1.54) is 32.3 Å². The molecule has 2 aromatic carbocycles. The topological polar surface area (TPSA) is 88.5 Å². The van der Waals surface area contributed by atoms with Crippen molar-refractivity contribution in [2.75, 3.05) is 48.5 Å². The standard InChI is InChI=1S/C24H27ClN2O6/c1-26(2)11-12-27-20(15-7-6-8-18(32-4)23(15)33-5)19(22(29)24(27)30)21(28)14-9-10-17(31-3)16(25)13-14/h6-10,13,20,28H,11-12H2,1-5H3/b21-19-/t20-/m1/s1. The summed E-state index contributed by atoms with van der Waals surface area (Å²) >= 11 is 6.24. The first-order valence-corrected chi connectivity index (χ1v) is 10.6. The van der Waals surface area contributed by atoms with Gasteiger partial charge in [-0.2, -0.15) is 0 Å². The van der Waals surface area contributed by atoms with Crippen LogP contribution in [0.3, 0.4) is 0 Å². The van der Waals surface area contributed by atoms with Crippen molar-refractivity contribution < 1.29 is 28.9 Å². The summed E-state index contributed by atoms with van der Waals surface area (Å²) in [6, 6.07) is 8.98. The number of methoxy groups -OCH3 is 3.